The number of rotatable bonds is 4. The second-order valence-corrected chi connectivity index (χ2v) is 6.70. The maximum atomic E-state index is 5.90. The highest BCUT2D eigenvalue weighted by Gasteiger charge is 2.14. The molecule has 2 rings (SSSR count). The van der Waals surface area contributed by atoms with Crippen LogP contribution in [-0.2, 0) is 0 Å². The van der Waals surface area contributed by atoms with Gasteiger partial charge in [-0.3, -0.25) is 0 Å². The summed E-state index contributed by atoms with van der Waals surface area (Å²) in [5, 5.41) is 0. The Kier molecular flexibility index (Phi) is 4.95. The standard InChI is InChI=1S/C14H17BrN4OS/c1-7(2)8-4-10(20-3)9(15)5-11(8)21-12-6-18-14(17)19-13(12)16/h4-7H,1-3H3,(H4,16,17,18,19). The smallest absolute Gasteiger partial charge is 0.221 e. The summed E-state index contributed by atoms with van der Waals surface area (Å²) >= 11 is 5.03. The lowest BCUT2D eigenvalue weighted by molar-refractivity contribution is 0.411. The molecule has 0 amide bonds. The van der Waals surface area contributed by atoms with Gasteiger partial charge in [-0.25, -0.2) is 4.98 Å². The molecule has 0 saturated heterocycles. The van der Waals surface area contributed by atoms with Gasteiger partial charge in [-0.05, 0) is 39.5 Å². The van der Waals surface area contributed by atoms with Crippen LogP contribution in [-0.4, -0.2) is 17.1 Å². The van der Waals surface area contributed by atoms with E-state index in [4.69, 9.17) is 16.2 Å². The quantitative estimate of drug-likeness (QED) is 0.855. The van der Waals surface area contributed by atoms with Crippen molar-refractivity contribution < 1.29 is 4.74 Å². The number of halogens is 1. The van der Waals surface area contributed by atoms with E-state index < -0.39 is 0 Å². The van der Waals surface area contributed by atoms with Gasteiger partial charge in [0.2, 0.25) is 5.95 Å². The summed E-state index contributed by atoms with van der Waals surface area (Å²) in [4.78, 5) is 9.85. The number of nitrogen functional groups attached to an aromatic ring is 2. The van der Waals surface area contributed by atoms with Crippen molar-refractivity contribution in [2.75, 3.05) is 18.6 Å². The number of anilines is 2. The Balaban J connectivity index is 2.45. The topological polar surface area (TPSA) is 87.0 Å². The van der Waals surface area contributed by atoms with Crippen LogP contribution in [0.5, 0.6) is 5.75 Å². The Morgan fingerprint density at radius 1 is 1.24 bits per heavy atom. The molecule has 21 heavy (non-hydrogen) atoms. The third-order valence-corrected chi connectivity index (χ3v) is 4.66. The molecule has 112 valence electrons. The van der Waals surface area contributed by atoms with Crippen molar-refractivity contribution in [3.05, 3.63) is 28.4 Å². The summed E-state index contributed by atoms with van der Waals surface area (Å²) in [5.41, 5.74) is 12.6. The average Bonchev–Trinajstić information content (AvgIpc) is 2.41. The van der Waals surface area contributed by atoms with Crippen LogP contribution in [0.3, 0.4) is 0 Å². The van der Waals surface area contributed by atoms with Gasteiger partial charge in [0.05, 0.1) is 16.5 Å². The van der Waals surface area contributed by atoms with Crippen molar-refractivity contribution in [1.82, 2.24) is 9.97 Å². The number of methoxy groups -OCH3 is 1. The molecule has 7 heteroatoms. The molecular weight excluding hydrogens is 352 g/mol. The van der Waals surface area contributed by atoms with Gasteiger partial charge in [-0.2, -0.15) is 4.98 Å². The molecule has 4 N–H and O–H groups in total. The van der Waals surface area contributed by atoms with Crippen molar-refractivity contribution in [3.8, 4) is 5.75 Å². The molecule has 1 aromatic heterocycles. The molecule has 2 aromatic rings. The van der Waals surface area contributed by atoms with Crippen LogP contribution in [0.2, 0.25) is 0 Å². The highest BCUT2D eigenvalue weighted by molar-refractivity contribution is 9.10. The van der Waals surface area contributed by atoms with Crippen molar-refractivity contribution in [2.45, 2.75) is 29.6 Å². The molecule has 1 aromatic carbocycles. The lowest BCUT2D eigenvalue weighted by Crippen LogP contribution is -2.01. The summed E-state index contributed by atoms with van der Waals surface area (Å²) in [7, 11) is 1.66. The molecule has 0 atom stereocenters. The number of nitrogens with zero attached hydrogens (tertiary/aromatic N) is 2. The second kappa shape index (κ2) is 6.53. The van der Waals surface area contributed by atoms with Gasteiger partial charge in [-0.1, -0.05) is 25.6 Å². The van der Waals surface area contributed by atoms with E-state index >= 15 is 0 Å². The highest BCUT2D eigenvalue weighted by atomic mass is 79.9. The average molecular weight is 369 g/mol. The monoisotopic (exact) mass is 368 g/mol. The van der Waals surface area contributed by atoms with Crippen LogP contribution in [0.25, 0.3) is 0 Å². The molecule has 5 nitrogen and oxygen atoms in total. The Bertz CT molecular complexity index is 664. The molecule has 1 heterocycles. The third kappa shape index (κ3) is 3.59. The number of ether oxygens (including phenoxy) is 1. The zero-order valence-electron chi connectivity index (χ0n) is 12.1. The van der Waals surface area contributed by atoms with E-state index in [1.165, 1.54) is 17.3 Å². The van der Waals surface area contributed by atoms with Gasteiger partial charge in [-0.15, -0.1) is 0 Å². The van der Waals surface area contributed by atoms with Gasteiger partial charge in [0.1, 0.15) is 11.6 Å². The van der Waals surface area contributed by atoms with Gasteiger partial charge in [0.15, 0.2) is 0 Å². The summed E-state index contributed by atoms with van der Waals surface area (Å²) in [6.07, 6.45) is 1.64. The Labute approximate surface area is 136 Å². The van der Waals surface area contributed by atoms with Crippen LogP contribution in [0.1, 0.15) is 25.3 Å². The Morgan fingerprint density at radius 3 is 2.52 bits per heavy atom. The van der Waals surface area contributed by atoms with Crippen molar-refractivity contribution >= 4 is 39.5 Å². The zero-order chi connectivity index (χ0) is 15.6. The fourth-order valence-electron chi connectivity index (χ4n) is 1.84. The normalized spacial score (nSPS) is 10.9. The minimum Gasteiger partial charge on any atom is -0.496 e. The number of nitrogens with two attached hydrogens (primary N) is 2. The number of hydrogen-bond acceptors (Lipinski definition) is 6. The predicted molar refractivity (Wildman–Crippen MR) is 89.8 cm³/mol. The van der Waals surface area contributed by atoms with Gasteiger partial charge >= 0.3 is 0 Å². The minimum absolute atomic E-state index is 0.178. The van der Waals surface area contributed by atoms with Crippen LogP contribution in [0.4, 0.5) is 11.8 Å². The maximum Gasteiger partial charge on any atom is 0.221 e. The molecular formula is C14H17BrN4OS. The lowest BCUT2D eigenvalue weighted by Gasteiger charge is -2.16. The maximum absolute atomic E-state index is 5.90. The molecule has 0 aliphatic rings. The molecule has 0 bridgehead atoms. The molecule has 0 spiro atoms. The number of aromatic nitrogens is 2. The summed E-state index contributed by atoms with van der Waals surface area (Å²) in [6.45, 7) is 4.27. The van der Waals surface area contributed by atoms with Crippen LogP contribution < -0.4 is 16.2 Å². The highest BCUT2D eigenvalue weighted by Crippen LogP contribution is 2.40. The Morgan fingerprint density at radius 2 is 1.95 bits per heavy atom. The van der Waals surface area contributed by atoms with Crippen molar-refractivity contribution in [3.63, 3.8) is 0 Å². The molecule has 0 radical (unpaired) electrons. The number of benzene rings is 1. The zero-order valence-corrected chi connectivity index (χ0v) is 14.5. The molecule has 0 fully saturated rings. The second-order valence-electron chi connectivity index (χ2n) is 4.76. The van der Waals surface area contributed by atoms with E-state index in [1.54, 1.807) is 13.3 Å². The SMILES string of the molecule is COc1cc(C(C)C)c(Sc2cnc(N)nc2N)cc1Br. The first-order chi connectivity index (χ1) is 9.92. The third-order valence-electron chi connectivity index (χ3n) is 2.93. The summed E-state index contributed by atoms with van der Waals surface area (Å²) < 4.78 is 6.25. The van der Waals surface area contributed by atoms with E-state index in [0.717, 1.165) is 20.0 Å². The lowest BCUT2D eigenvalue weighted by atomic mass is 10.0. The van der Waals surface area contributed by atoms with E-state index in [2.05, 4.69) is 39.7 Å². The van der Waals surface area contributed by atoms with Gasteiger partial charge in [0.25, 0.3) is 0 Å². The number of hydrogen-bond donors (Lipinski definition) is 2. The first-order valence-corrected chi connectivity index (χ1v) is 7.96. The largest absolute Gasteiger partial charge is 0.496 e. The van der Waals surface area contributed by atoms with Crippen molar-refractivity contribution in [2.24, 2.45) is 0 Å². The van der Waals surface area contributed by atoms with E-state index in [-0.39, 0.29) is 5.95 Å². The first kappa shape index (κ1) is 15.9. The fourth-order valence-corrected chi connectivity index (χ4v) is 3.58. The van der Waals surface area contributed by atoms with E-state index in [1.807, 2.05) is 12.1 Å². The summed E-state index contributed by atoms with van der Waals surface area (Å²) in [5.74, 6) is 1.72. The fraction of sp³-hybridized carbons (Fsp3) is 0.286. The van der Waals surface area contributed by atoms with Crippen LogP contribution in [0, 0.1) is 0 Å². The molecule has 0 aliphatic carbocycles. The molecule has 0 aliphatic heterocycles. The van der Waals surface area contributed by atoms with Crippen LogP contribution >= 0.6 is 27.7 Å². The molecule has 0 unspecified atom stereocenters. The van der Waals surface area contributed by atoms with E-state index in [0.29, 0.717) is 11.7 Å². The van der Waals surface area contributed by atoms with E-state index in [9.17, 15) is 0 Å². The molecule has 0 saturated carbocycles. The summed E-state index contributed by atoms with van der Waals surface area (Å²) in [6, 6.07) is 4.06. The minimum atomic E-state index is 0.178. The van der Waals surface area contributed by atoms with Crippen LogP contribution in [0.15, 0.2) is 32.6 Å². The Hall–Kier alpha value is -1.47. The predicted octanol–water partition coefficient (Wildman–Crippen LogP) is 3.69. The van der Waals surface area contributed by atoms with Gasteiger partial charge in [0, 0.05) is 11.1 Å². The first-order valence-electron chi connectivity index (χ1n) is 6.35. The van der Waals surface area contributed by atoms with Crippen molar-refractivity contribution in [1.29, 1.82) is 0 Å². The van der Waals surface area contributed by atoms with Gasteiger partial charge < -0.3 is 16.2 Å².